The lowest BCUT2D eigenvalue weighted by atomic mass is 9.99. The fourth-order valence-electron chi connectivity index (χ4n) is 4.51. The number of carbonyl (C=O) groups excluding carboxylic acids is 1. The summed E-state index contributed by atoms with van der Waals surface area (Å²) in [5.41, 5.74) is 4.96. The molecule has 148 valence electrons. The summed E-state index contributed by atoms with van der Waals surface area (Å²) in [6.07, 6.45) is 0.128. The zero-order valence-corrected chi connectivity index (χ0v) is 16.8. The average molecular weight is 387 g/mol. The molecule has 0 N–H and O–H groups in total. The highest BCUT2D eigenvalue weighted by atomic mass is 16.5. The van der Waals surface area contributed by atoms with E-state index in [2.05, 4.69) is 29.1 Å². The molecular formula is C24H25N3O2. The number of benzene rings is 2. The van der Waals surface area contributed by atoms with Crippen molar-refractivity contribution in [1.29, 1.82) is 0 Å². The van der Waals surface area contributed by atoms with Gasteiger partial charge >= 0.3 is 0 Å². The number of nitrogens with zero attached hydrogens (tertiary/aromatic N) is 3. The van der Waals surface area contributed by atoms with E-state index in [1.165, 1.54) is 0 Å². The van der Waals surface area contributed by atoms with E-state index in [0.717, 1.165) is 53.0 Å². The topological polar surface area (TPSA) is 45.7 Å². The molecule has 0 spiro atoms. The quantitative estimate of drug-likeness (QED) is 0.676. The van der Waals surface area contributed by atoms with Gasteiger partial charge in [-0.1, -0.05) is 30.3 Å². The van der Waals surface area contributed by atoms with Crippen molar-refractivity contribution in [2.45, 2.75) is 19.1 Å². The number of aromatic nitrogens is 1. The minimum atomic E-state index is 0.0816. The van der Waals surface area contributed by atoms with Crippen LogP contribution < -0.4 is 0 Å². The molecule has 3 aromatic rings. The van der Waals surface area contributed by atoms with E-state index < -0.39 is 0 Å². The third kappa shape index (κ3) is 3.30. The largest absolute Gasteiger partial charge is 0.373 e. The smallest absolute Gasteiger partial charge is 0.253 e. The fourth-order valence-corrected chi connectivity index (χ4v) is 4.51. The average Bonchev–Trinajstić information content (AvgIpc) is 3.18. The Hall–Kier alpha value is -2.76. The second kappa shape index (κ2) is 7.25. The standard InChI is InChI=1S/C24H25N3O2/c1-16-6-11-20-19(4-3-5-21(20)25-16)17-7-9-18(10-8-17)24(28)27-14-22-23(15-27)29-13-12-26(22)2/h3-11,22-23H,12-15H2,1-2H3/t22-,23-/m0/s1. The van der Waals surface area contributed by atoms with Crippen LogP contribution in [0.2, 0.25) is 0 Å². The Balaban J connectivity index is 1.39. The van der Waals surface area contributed by atoms with Crippen LogP contribution in [0.1, 0.15) is 16.1 Å². The lowest BCUT2D eigenvalue weighted by Crippen LogP contribution is -2.48. The summed E-state index contributed by atoms with van der Waals surface area (Å²) in [6.45, 7) is 5.08. The molecule has 5 heteroatoms. The number of amides is 1. The van der Waals surface area contributed by atoms with Gasteiger partial charge in [-0.25, -0.2) is 0 Å². The molecule has 2 aliphatic rings. The van der Waals surface area contributed by atoms with Gasteiger partial charge in [-0.05, 0) is 49.4 Å². The summed E-state index contributed by atoms with van der Waals surface area (Å²) in [5.74, 6) is 0.0816. The van der Waals surface area contributed by atoms with E-state index in [9.17, 15) is 4.79 Å². The Kier molecular flexibility index (Phi) is 4.57. The Morgan fingerprint density at radius 2 is 1.90 bits per heavy atom. The molecular weight excluding hydrogens is 362 g/mol. The maximum atomic E-state index is 13.0. The number of morpholine rings is 1. The third-order valence-electron chi connectivity index (χ3n) is 6.18. The number of likely N-dealkylation sites (tertiary alicyclic amines) is 1. The van der Waals surface area contributed by atoms with Crippen LogP contribution in [0.15, 0.2) is 54.6 Å². The second-order valence-corrected chi connectivity index (χ2v) is 8.07. The van der Waals surface area contributed by atoms with Gasteiger partial charge in [0.15, 0.2) is 0 Å². The molecule has 0 unspecified atom stereocenters. The van der Waals surface area contributed by atoms with Crippen LogP contribution in [0.4, 0.5) is 0 Å². The zero-order valence-electron chi connectivity index (χ0n) is 16.8. The summed E-state index contributed by atoms with van der Waals surface area (Å²) in [4.78, 5) is 21.9. The maximum Gasteiger partial charge on any atom is 0.253 e. The minimum absolute atomic E-state index is 0.0816. The highest BCUT2D eigenvalue weighted by Gasteiger charge is 2.40. The molecule has 5 rings (SSSR count). The number of fused-ring (bicyclic) bond motifs is 2. The number of ether oxygens (including phenoxy) is 1. The highest BCUT2D eigenvalue weighted by Crippen LogP contribution is 2.29. The van der Waals surface area contributed by atoms with E-state index in [1.807, 2.05) is 54.3 Å². The Labute approximate surface area is 170 Å². The van der Waals surface area contributed by atoms with Gasteiger partial charge in [0.05, 0.1) is 24.3 Å². The molecule has 0 saturated carbocycles. The first kappa shape index (κ1) is 18.3. The van der Waals surface area contributed by atoms with Crippen LogP contribution in [0.5, 0.6) is 0 Å². The summed E-state index contributed by atoms with van der Waals surface area (Å²) < 4.78 is 5.87. The van der Waals surface area contributed by atoms with Gasteiger partial charge in [-0.3, -0.25) is 14.7 Å². The number of likely N-dealkylation sites (N-methyl/N-ethyl adjacent to an activating group) is 1. The second-order valence-electron chi connectivity index (χ2n) is 8.07. The number of hydrogen-bond acceptors (Lipinski definition) is 4. The van der Waals surface area contributed by atoms with E-state index in [-0.39, 0.29) is 12.0 Å². The maximum absolute atomic E-state index is 13.0. The van der Waals surface area contributed by atoms with Crippen LogP contribution in [0.25, 0.3) is 22.0 Å². The predicted octanol–water partition coefficient (Wildman–Crippen LogP) is 3.37. The van der Waals surface area contributed by atoms with Crippen LogP contribution in [-0.2, 0) is 4.74 Å². The predicted molar refractivity (Wildman–Crippen MR) is 114 cm³/mol. The van der Waals surface area contributed by atoms with Gasteiger partial charge in [0, 0.05) is 36.3 Å². The summed E-state index contributed by atoms with van der Waals surface area (Å²) in [6, 6.07) is 18.6. The normalized spacial score (nSPS) is 22.1. The SMILES string of the molecule is Cc1ccc2c(-c3ccc(C(=O)N4C[C@@H]5OCCN(C)[C@H]5C4)cc3)cccc2n1. The van der Waals surface area contributed by atoms with E-state index in [0.29, 0.717) is 12.6 Å². The first-order valence-corrected chi connectivity index (χ1v) is 10.2. The molecule has 2 saturated heterocycles. The molecule has 2 fully saturated rings. The van der Waals surface area contributed by atoms with Crippen molar-refractivity contribution < 1.29 is 9.53 Å². The van der Waals surface area contributed by atoms with Crippen molar-refractivity contribution in [3.8, 4) is 11.1 Å². The molecule has 2 aromatic carbocycles. The van der Waals surface area contributed by atoms with Crippen molar-refractivity contribution in [3.63, 3.8) is 0 Å². The summed E-state index contributed by atoms with van der Waals surface area (Å²) in [7, 11) is 2.11. The van der Waals surface area contributed by atoms with Crippen molar-refractivity contribution in [2.24, 2.45) is 0 Å². The van der Waals surface area contributed by atoms with Crippen LogP contribution in [0.3, 0.4) is 0 Å². The number of carbonyl (C=O) groups is 1. The molecule has 2 atom stereocenters. The molecule has 0 bridgehead atoms. The fraction of sp³-hybridized carbons (Fsp3) is 0.333. The number of hydrogen-bond donors (Lipinski definition) is 0. The molecule has 29 heavy (non-hydrogen) atoms. The molecule has 5 nitrogen and oxygen atoms in total. The minimum Gasteiger partial charge on any atom is -0.373 e. The van der Waals surface area contributed by atoms with Crippen molar-refractivity contribution >= 4 is 16.8 Å². The zero-order chi connectivity index (χ0) is 20.0. The first-order valence-electron chi connectivity index (χ1n) is 10.2. The Morgan fingerprint density at radius 3 is 2.69 bits per heavy atom. The Morgan fingerprint density at radius 1 is 1.07 bits per heavy atom. The monoisotopic (exact) mass is 387 g/mol. The molecule has 1 aromatic heterocycles. The lowest BCUT2D eigenvalue weighted by Gasteiger charge is -2.33. The van der Waals surface area contributed by atoms with Crippen molar-refractivity contribution in [3.05, 3.63) is 65.9 Å². The van der Waals surface area contributed by atoms with Crippen LogP contribution >= 0.6 is 0 Å². The van der Waals surface area contributed by atoms with E-state index in [1.54, 1.807) is 0 Å². The molecule has 0 aliphatic carbocycles. The van der Waals surface area contributed by atoms with Crippen LogP contribution in [0, 0.1) is 6.92 Å². The van der Waals surface area contributed by atoms with Crippen LogP contribution in [-0.4, -0.2) is 66.1 Å². The summed E-state index contributed by atoms with van der Waals surface area (Å²) >= 11 is 0. The Bertz CT molecular complexity index is 1060. The highest BCUT2D eigenvalue weighted by molar-refractivity contribution is 5.97. The van der Waals surface area contributed by atoms with Crippen molar-refractivity contribution in [1.82, 2.24) is 14.8 Å². The number of rotatable bonds is 2. The van der Waals surface area contributed by atoms with Gasteiger partial charge in [-0.2, -0.15) is 0 Å². The van der Waals surface area contributed by atoms with E-state index >= 15 is 0 Å². The van der Waals surface area contributed by atoms with Gasteiger partial charge in [0.1, 0.15) is 0 Å². The van der Waals surface area contributed by atoms with Gasteiger partial charge in [0.2, 0.25) is 0 Å². The van der Waals surface area contributed by atoms with Gasteiger partial charge < -0.3 is 9.64 Å². The number of aryl methyl sites for hydroxylation is 1. The molecule has 1 amide bonds. The lowest BCUT2D eigenvalue weighted by molar-refractivity contribution is -0.0368. The van der Waals surface area contributed by atoms with Gasteiger partial charge in [0.25, 0.3) is 5.91 Å². The molecule has 0 radical (unpaired) electrons. The van der Waals surface area contributed by atoms with E-state index in [4.69, 9.17) is 4.74 Å². The first-order chi connectivity index (χ1) is 14.1. The molecule has 2 aliphatic heterocycles. The third-order valence-corrected chi connectivity index (χ3v) is 6.18. The van der Waals surface area contributed by atoms with Crippen molar-refractivity contribution in [2.75, 3.05) is 33.3 Å². The number of pyridine rings is 1. The molecule has 3 heterocycles. The van der Waals surface area contributed by atoms with Gasteiger partial charge in [-0.15, -0.1) is 0 Å². The summed E-state index contributed by atoms with van der Waals surface area (Å²) in [5, 5.41) is 1.13.